The second-order valence-corrected chi connectivity index (χ2v) is 4.75. The van der Waals surface area contributed by atoms with E-state index in [0.29, 0.717) is 22.6 Å². The first-order chi connectivity index (χ1) is 9.72. The summed E-state index contributed by atoms with van der Waals surface area (Å²) in [5.74, 6) is 0.762. The van der Waals surface area contributed by atoms with Gasteiger partial charge < -0.3 is 10.1 Å². The molecule has 98 valence electrons. The van der Waals surface area contributed by atoms with Gasteiger partial charge in [-0.25, -0.2) is 4.79 Å². The molecule has 2 heterocycles. The zero-order chi connectivity index (χ0) is 13.7. The van der Waals surface area contributed by atoms with Gasteiger partial charge in [-0.15, -0.1) is 0 Å². The van der Waals surface area contributed by atoms with Crippen molar-refractivity contribution < 1.29 is 14.3 Å². The predicted octanol–water partition coefficient (Wildman–Crippen LogP) is 1.88. The Kier molecular flexibility index (Phi) is 1.99. The molecule has 0 aliphatic carbocycles. The molecule has 0 saturated carbocycles. The highest BCUT2D eigenvalue weighted by atomic mass is 16.5. The minimum Gasteiger partial charge on any atom is -0.457 e. The molecule has 4 rings (SSSR count). The van der Waals surface area contributed by atoms with Gasteiger partial charge in [-0.2, -0.15) is 0 Å². The van der Waals surface area contributed by atoms with Gasteiger partial charge in [0.2, 0.25) is 0 Å². The molecule has 2 N–H and O–H groups in total. The summed E-state index contributed by atoms with van der Waals surface area (Å²) in [4.78, 5) is 24.1. The number of urea groups is 1. The molecular formula is C15H10N2O3. The number of rotatable bonds is 0. The highest BCUT2D eigenvalue weighted by Gasteiger charge is 2.53. The number of amides is 3. The number of carbonyl (C=O) groups is 2. The monoisotopic (exact) mass is 266 g/mol. The Bertz CT molecular complexity index is 709. The van der Waals surface area contributed by atoms with Crippen molar-refractivity contribution in [2.75, 3.05) is 0 Å². The van der Waals surface area contributed by atoms with Crippen LogP contribution in [0.3, 0.4) is 0 Å². The largest absolute Gasteiger partial charge is 0.457 e. The number of imide groups is 1. The molecule has 0 radical (unpaired) electrons. The zero-order valence-electron chi connectivity index (χ0n) is 10.3. The van der Waals surface area contributed by atoms with E-state index in [1.807, 2.05) is 24.3 Å². The number of para-hydroxylation sites is 2. The fourth-order valence-electron chi connectivity index (χ4n) is 2.83. The topological polar surface area (TPSA) is 67.4 Å². The first kappa shape index (κ1) is 11.0. The third kappa shape index (κ3) is 1.21. The fourth-order valence-corrected chi connectivity index (χ4v) is 2.83. The molecule has 1 saturated heterocycles. The lowest BCUT2D eigenvalue weighted by molar-refractivity contribution is -0.123. The van der Waals surface area contributed by atoms with Crippen LogP contribution in [0.5, 0.6) is 11.5 Å². The Morgan fingerprint density at radius 3 is 1.90 bits per heavy atom. The molecule has 0 unspecified atom stereocenters. The average molecular weight is 266 g/mol. The summed E-state index contributed by atoms with van der Waals surface area (Å²) in [5, 5.41) is 5.07. The van der Waals surface area contributed by atoms with Crippen molar-refractivity contribution in [3.05, 3.63) is 59.7 Å². The predicted molar refractivity (Wildman–Crippen MR) is 70.4 cm³/mol. The van der Waals surface area contributed by atoms with Crippen LogP contribution in [-0.2, 0) is 10.3 Å². The van der Waals surface area contributed by atoms with Crippen LogP contribution in [0.15, 0.2) is 48.5 Å². The third-order valence-corrected chi connectivity index (χ3v) is 3.67. The van der Waals surface area contributed by atoms with E-state index >= 15 is 0 Å². The van der Waals surface area contributed by atoms with Crippen LogP contribution in [0.1, 0.15) is 11.1 Å². The Labute approximate surface area is 114 Å². The number of carbonyl (C=O) groups excluding carboxylic acids is 2. The Balaban J connectivity index is 2.07. The van der Waals surface area contributed by atoms with Crippen LogP contribution < -0.4 is 15.4 Å². The van der Waals surface area contributed by atoms with Crippen molar-refractivity contribution in [3.8, 4) is 11.5 Å². The first-order valence-electron chi connectivity index (χ1n) is 6.22. The molecule has 2 aromatic carbocycles. The van der Waals surface area contributed by atoms with Crippen molar-refractivity contribution in [2.24, 2.45) is 0 Å². The maximum atomic E-state index is 12.4. The summed E-state index contributed by atoms with van der Waals surface area (Å²) >= 11 is 0. The third-order valence-electron chi connectivity index (χ3n) is 3.67. The second-order valence-electron chi connectivity index (χ2n) is 4.75. The van der Waals surface area contributed by atoms with E-state index in [2.05, 4.69) is 10.6 Å². The van der Waals surface area contributed by atoms with Crippen LogP contribution in [0.25, 0.3) is 0 Å². The maximum absolute atomic E-state index is 12.4. The Hall–Kier alpha value is -2.82. The lowest BCUT2D eigenvalue weighted by Gasteiger charge is -2.34. The Morgan fingerprint density at radius 1 is 0.850 bits per heavy atom. The standard InChI is InChI=1S/C15H10N2O3/c18-13-15(17-14(19)16-13)9-5-1-3-7-11(9)20-12-8-4-2-6-10(12)15/h1-8H,(H2,16,17,18,19). The molecule has 0 aromatic heterocycles. The quantitative estimate of drug-likeness (QED) is 0.715. The number of fused-ring (bicyclic) bond motifs is 4. The molecule has 2 aliphatic heterocycles. The molecule has 2 aromatic rings. The van der Waals surface area contributed by atoms with Crippen LogP contribution in [0.4, 0.5) is 4.79 Å². The summed E-state index contributed by atoms with van der Waals surface area (Å²) in [6.45, 7) is 0. The molecule has 1 fully saturated rings. The number of hydrogen-bond acceptors (Lipinski definition) is 3. The highest BCUT2D eigenvalue weighted by molar-refractivity contribution is 6.10. The van der Waals surface area contributed by atoms with Gasteiger partial charge in [0, 0.05) is 11.1 Å². The van der Waals surface area contributed by atoms with Gasteiger partial charge in [-0.05, 0) is 12.1 Å². The summed E-state index contributed by atoms with van der Waals surface area (Å²) in [6, 6.07) is 13.9. The first-order valence-corrected chi connectivity index (χ1v) is 6.22. The van der Waals surface area contributed by atoms with Crippen molar-refractivity contribution >= 4 is 11.9 Å². The highest BCUT2D eigenvalue weighted by Crippen LogP contribution is 2.47. The van der Waals surface area contributed by atoms with E-state index in [0.717, 1.165) is 0 Å². The molecule has 3 amide bonds. The lowest BCUT2D eigenvalue weighted by Crippen LogP contribution is -2.46. The van der Waals surface area contributed by atoms with E-state index in [-0.39, 0.29) is 5.91 Å². The molecule has 1 spiro atoms. The van der Waals surface area contributed by atoms with Crippen LogP contribution >= 0.6 is 0 Å². The Morgan fingerprint density at radius 2 is 1.40 bits per heavy atom. The van der Waals surface area contributed by atoms with Gasteiger partial charge >= 0.3 is 6.03 Å². The summed E-state index contributed by atoms with van der Waals surface area (Å²) in [7, 11) is 0. The van der Waals surface area contributed by atoms with Gasteiger partial charge in [0.15, 0.2) is 5.54 Å². The average Bonchev–Trinajstić information content (AvgIpc) is 2.75. The van der Waals surface area contributed by atoms with Crippen LogP contribution in [0.2, 0.25) is 0 Å². The number of ether oxygens (including phenoxy) is 1. The van der Waals surface area contributed by atoms with Crippen molar-refractivity contribution in [2.45, 2.75) is 5.54 Å². The van der Waals surface area contributed by atoms with Crippen molar-refractivity contribution in [1.82, 2.24) is 10.6 Å². The van der Waals surface area contributed by atoms with Crippen LogP contribution in [0, 0.1) is 0 Å². The zero-order valence-corrected chi connectivity index (χ0v) is 10.3. The summed E-state index contributed by atoms with van der Waals surface area (Å²) in [6.07, 6.45) is 0. The summed E-state index contributed by atoms with van der Waals surface area (Å²) < 4.78 is 5.82. The minimum absolute atomic E-state index is 0.384. The molecule has 0 atom stereocenters. The van der Waals surface area contributed by atoms with Gasteiger partial charge in [-0.1, -0.05) is 36.4 Å². The SMILES string of the molecule is O=C1NC(=O)C2(N1)c1ccccc1Oc1ccccc12. The van der Waals surface area contributed by atoms with Gasteiger partial charge in [0.05, 0.1) is 0 Å². The van der Waals surface area contributed by atoms with E-state index in [1.165, 1.54) is 0 Å². The molecule has 0 bridgehead atoms. The summed E-state index contributed by atoms with van der Waals surface area (Å²) in [5.41, 5.74) is 0.0757. The van der Waals surface area contributed by atoms with Gasteiger partial charge in [0.1, 0.15) is 11.5 Å². The van der Waals surface area contributed by atoms with E-state index in [4.69, 9.17) is 4.74 Å². The van der Waals surface area contributed by atoms with E-state index < -0.39 is 11.6 Å². The van der Waals surface area contributed by atoms with Crippen molar-refractivity contribution in [1.29, 1.82) is 0 Å². The fraction of sp³-hybridized carbons (Fsp3) is 0.0667. The smallest absolute Gasteiger partial charge is 0.322 e. The lowest BCUT2D eigenvalue weighted by atomic mass is 9.80. The van der Waals surface area contributed by atoms with E-state index in [1.54, 1.807) is 24.3 Å². The number of nitrogens with one attached hydrogen (secondary N) is 2. The molecule has 2 aliphatic rings. The van der Waals surface area contributed by atoms with E-state index in [9.17, 15) is 9.59 Å². The minimum atomic E-state index is -1.21. The molecule has 5 nitrogen and oxygen atoms in total. The number of benzene rings is 2. The second kappa shape index (κ2) is 3.60. The normalized spacial score (nSPS) is 17.8. The van der Waals surface area contributed by atoms with Crippen LogP contribution in [-0.4, -0.2) is 11.9 Å². The molecular weight excluding hydrogens is 256 g/mol. The van der Waals surface area contributed by atoms with Crippen molar-refractivity contribution in [3.63, 3.8) is 0 Å². The number of hydrogen-bond donors (Lipinski definition) is 2. The molecule has 5 heteroatoms. The maximum Gasteiger partial charge on any atom is 0.322 e. The van der Waals surface area contributed by atoms with Gasteiger partial charge in [0.25, 0.3) is 5.91 Å². The van der Waals surface area contributed by atoms with Gasteiger partial charge in [-0.3, -0.25) is 10.1 Å². The molecule has 20 heavy (non-hydrogen) atoms.